The van der Waals surface area contributed by atoms with E-state index in [0.717, 1.165) is 18.5 Å². The van der Waals surface area contributed by atoms with Gasteiger partial charge in [-0.3, -0.25) is 9.36 Å². The fourth-order valence-electron chi connectivity index (χ4n) is 3.59. The number of amides is 1. The molecule has 8 nitrogen and oxygen atoms in total. The van der Waals surface area contributed by atoms with Crippen LogP contribution in [0.25, 0.3) is 5.69 Å². The summed E-state index contributed by atoms with van der Waals surface area (Å²) in [5.41, 5.74) is 8.22. The average Bonchev–Trinajstić information content (AvgIpc) is 3.23. The summed E-state index contributed by atoms with van der Waals surface area (Å²) < 4.78 is 1.82. The highest BCUT2D eigenvalue weighted by Crippen LogP contribution is 2.41. The first kappa shape index (κ1) is 16.6. The van der Waals surface area contributed by atoms with E-state index >= 15 is 0 Å². The third-order valence-corrected chi connectivity index (χ3v) is 4.93. The standard InChI is InChI=1S/C17H16ClN5O3/c1-9(24)26-21-16(19)14-15-12-6-3-7-22(12)17(25)13-10(18)4-2-5-11(13)23(15)8-20-14/h2,4-5,8,12H,3,6-7H2,1H3,(H2,19,21)/t12-/m0/s1. The van der Waals surface area contributed by atoms with Gasteiger partial charge in [0.2, 0.25) is 0 Å². The van der Waals surface area contributed by atoms with Gasteiger partial charge in [-0.25, -0.2) is 9.78 Å². The van der Waals surface area contributed by atoms with Crippen LogP contribution in [0.4, 0.5) is 0 Å². The fourth-order valence-corrected chi connectivity index (χ4v) is 3.84. The van der Waals surface area contributed by atoms with Crippen LogP contribution in [-0.2, 0) is 9.63 Å². The van der Waals surface area contributed by atoms with Crippen LogP contribution in [0.3, 0.4) is 0 Å². The Morgan fingerprint density at radius 1 is 1.46 bits per heavy atom. The fraction of sp³-hybridized carbons (Fsp3) is 0.294. The second-order valence-electron chi connectivity index (χ2n) is 6.20. The molecule has 134 valence electrons. The molecule has 0 bridgehead atoms. The van der Waals surface area contributed by atoms with E-state index in [4.69, 9.17) is 17.3 Å². The van der Waals surface area contributed by atoms with E-state index in [2.05, 4.69) is 15.0 Å². The van der Waals surface area contributed by atoms with E-state index in [1.165, 1.54) is 6.92 Å². The molecule has 1 saturated heterocycles. The number of carbonyl (C=O) groups is 2. The Bertz CT molecular complexity index is 952. The number of rotatable bonds is 2. The molecule has 2 aliphatic heterocycles. The Hall–Kier alpha value is -2.87. The van der Waals surface area contributed by atoms with Crippen molar-refractivity contribution >= 4 is 29.3 Å². The maximum Gasteiger partial charge on any atom is 0.332 e. The summed E-state index contributed by atoms with van der Waals surface area (Å²) in [5.74, 6) is -0.704. The number of carbonyl (C=O) groups excluding carboxylic acids is 2. The van der Waals surface area contributed by atoms with Crippen molar-refractivity contribution in [2.75, 3.05) is 6.54 Å². The lowest BCUT2D eigenvalue weighted by atomic mass is 10.1. The number of hydrogen-bond acceptors (Lipinski definition) is 5. The van der Waals surface area contributed by atoms with E-state index in [1.807, 2.05) is 10.6 Å². The quantitative estimate of drug-likeness (QED) is 0.375. The van der Waals surface area contributed by atoms with E-state index < -0.39 is 5.97 Å². The van der Waals surface area contributed by atoms with Crippen molar-refractivity contribution in [2.24, 2.45) is 10.9 Å². The van der Waals surface area contributed by atoms with Crippen molar-refractivity contribution in [1.29, 1.82) is 0 Å². The molecule has 0 saturated carbocycles. The van der Waals surface area contributed by atoms with Crippen molar-refractivity contribution in [2.45, 2.75) is 25.8 Å². The topological polar surface area (TPSA) is 103 Å². The number of hydrogen-bond donors (Lipinski definition) is 1. The molecule has 0 radical (unpaired) electrons. The van der Waals surface area contributed by atoms with Crippen molar-refractivity contribution in [3.8, 4) is 5.69 Å². The molecular weight excluding hydrogens is 358 g/mol. The predicted octanol–water partition coefficient (Wildman–Crippen LogP) is 2.00. The normalized spacial score (nSPS) is 18.8. The number of amidine groups is 1. The summed E-state index contributed by atoms with van der Waals surface area (Å²) in [5, 5.41) is 4.04. The molecule has 2 aromatic rings. The molecule has 26 heavy (non-hydrogen) atoms. The molecule has 1 amide bonds. The summed E-state index contributed by atoms with van der Waals surface area (Å²) >= 11 is 6.33. The Kier molecular flexibility index (Phi) is 3.91. The molecule has 4 rings (SSSR count). The van der Waals surface area contributed by atoms with Gasteiger partial charge >= 0.3 is 5.97 Å². The summed E-state index contributed by atoms with van der Waals surface area (Å²) in [7, 11) is 0. The predicted molar refractivity (Wildman–Crippen MR) is 94.1 cm³/mol. The second kappa shape index (κ2) is 6.14. The molecule has 0 unspecified atom stereocenters. The van der Waals surface area contributed by atoms with E-state index in [0.29, 0.717) is 28.5 Å². The average molecular weight is 374 g/mol. The van der Waals surface area contributed by atoms with Crippen LogP contribution >= 0.6 is 11.6 Å². The van der Waals surface area contributed by atoms with Gasteiger partial charge in [0.1, 0.15) is 12.0 Å². The van der Waals surface area contributed by atoms with Gasteiger partial charge in [0.15, 0.2) is 5.84 Å². The zero-order chi connectivity index (χ0) is 18.4. The summed E-state index contributed by atoms with van der Waals surface area (Å²) in [4.78, 5) is 34.9. The Labute approximate surface area is 154 Å². The first-order valence-corrected chi connectivity index (χ1v) is 8.55. The summed E-state index contributed by atoms with van der Waals surface area (Å²) in [6.45, 7) is 1.86. The Morgan fingerprint density at radius 2 is 2.27 bits per heavy atom. The number of benzene rings is 1. The zero-order valence-corrected chi connectivity index (χ0v) is 14.7. The highest BCUT2D eigenvalue weighted by molar-refractivity contribution is 6.34. The first-order chi connectivity index (χ1) is 12.5. The van der Waals surface area contributed by atoms with Crippen molar-refractivity contribution in [3.05, 3.63) is 46.5 Å². The van der Waals surface area contributed by atoms with Gasteiger partial charge in [0.25, 0.3) is 5.91 Å². The minimum absolute atomic E-state index is 0.0151. The Morgan fingerprint density at radius 3 is 3.04 bits per heavy atom. The third-order valence-electron chi connectivity index (χ3n) is 4.61. The highest BCUT2D eigenvalue weighted by Gasteiger charge is 2.40. The monoisotopic (exact) mass is 373 g/mol. The van der Waals surface area contributed by atoms with Gasteiger partial charge in [-0.05, 0) is 25.0 Å². The molecule has 1 atom stereocenters. The van der Waals surface area contributed by atoms with E-state index in [1.54, 1.807) is 23.4 Å². The maximum atomic E-state index is 13.1. The SMILES string of the molecule is CC(=O)ON=C(N)c1ncn2c1[C@@H]1CCCN1C(=O)c1c(Cl)cccc1-2. The van der Waals surface area contributed by atoms with Crippen molar-refractivity contribution < 1.29 is 14.4 Å². The molecule has 1 fully saturated rings. The minimum Gasteiger partial charge on any atom is -0.379 e. The van der Waals surface area contributed by atoms with E-state index in [-0.39, 0.29) is 17.8 Å². The van der Waals surface area contributed by atoms with Crippen LogP contribution in [0.2, 0.25) is 5.02 Å². The van der Waals surface area contributed by atoms with Crippen LogP contribution in [0.5, 0.6) is 0 Å². The van der Waals surface area contributed by atoms with Crippen LogP contribution in [-0.4, -0.2) is 38.7 Å². The number of nitrogens with two attached hydrogens (primary N) is 1. The molecule has 2 aliphatic rings. The Balaban J connectivity index is 1.94. The molecule has 1 aromatic heterocycles. The minimum atomic E-state index is -0.576. The highest BCUT2D eigenvalue weighted by atomic mass is 35.5. The van der Waals surface area contributed by atoms with Crippen LogP contribution in [0, 0.1) is 0 Å². The lowest BCUT2D eigenvalue weighted by Gasteiger charge is -2.23. The zero-order valence-electron chi connectivity index (χ0n) is 14.0. The molecular formula is C17H16ClN5O3. The van der Waals surface area contributed by atoms with Gasteiger partial charge in [-0.2, -0.15) is 0 Å². The lowest BCUT2D eigenvalue weighted by Crippen LogP contribution is -2.31. The number of nitrogens with zero attached hydrogens (tertiary/aromatic N) is 4. The van der Waals surface area contributed by atoms with Crippen molar-refractivity contribution in [1.82, 2.24) is 14.5 Å². The van der Waals surface area contributed by atoms with Gasteiger partial charge < -0.3 is 15.5 Å². The largest absolute Gasteiger partial charge is 0.379 e. The van der Waals surface area contributed by atoms with Crippen molar-refractivity contribution in [3.63, 3.8) is 0 Å². The van der Waals surface area contributed by atoms with Gasteiger partial charge in [-0.15, -0.1) is 0 Å². The number of aromatic nitrogens is 2. The molecule has 0 aliphatic carbocycles. The summed E-state index contributed by atoms with van der Waals surface area (Å²) in [6, 6.07) is 5.10. The molecule has 0 spiro atoms. The van der Waals surface area contributed by atoms with Crippen LogP contribution < -0.4 is 5.73 Å². The van der Waals surface area contributed by atoms with Crippen LogP contribution in [0.1, 0.15) is 47.6 Å². The molecule has 2 N–H and O–H groups in total. The molecule has 1 aromatic carbocycles. The smallest absolute Gasteiger partial charge is 0.332 e. The summed E-state index contributed by atoms with van der Waals surface area (Å²) in [6.07, 6.45) is 3.23. The molecule has 9 heteroatoms. The van der Waals surface area contributed by atoms with E-state index in [9.17, 15) is 9.59 Å². The number of halogens is 1. The first-order valence-electron chi connectivity index (χ1n) is 8.17. The second-order valence-corrected chi connectivity index (χ2v) is 6.61. The van der Waals surface area contributed by atoms with Gasteiger partial charge in [0.05, 0.1) is 28.0 Å². The third kappa shape index (κ3) is 2.45. The van der Waals surface area contributed by atoms with Gasteiger partial charge in [0, 0.05) is 13.5 Å². The number of imidazole rings is 1. The lowest BCUT2D eigenvalue weighted by molar-refractivity contribution is -0.140. The van der Waals surface area contributed by atoms with Gasteiger partial charge in [-0.1, -0.05) is 22.8 Å². The molecule has 3 heterocycles. The number of oxime groups is 1. The number of fused-ring (bicyclic) bond motifs is 5. The van der Waals surface area contributed by atoms with Crippen LogP contribution in [0.15, 0.2) is 29.7 Å². The maximum absolute atomic E-state index is 13.1.